The summed E-state index contributed by atoms with van der Waals surface area (Å²) in [5.41, 5.74) is 0. The van der Waals surface area contributed by atoms with Crippen LogP contribution in [0.1, 0.15) is 25.7 Å². The van der Waals surface area contributed by atoms with Gasteiger partial charge in [-0.1, -0.05) is 6.42 Å². The van der Waals surface area contributed by atoms with Gasteiger partial charge in [-0.25, -0.2) is 0 Å². The maximum absolute atomic E-state index is 9.23. The summed E-state index contributed by atoms with van der Waals surface area (Å²) in [6, 6.07) is 0.690. The van der Waals surface area contributed by atoms with Crippen LogP contribution in [0, 0.1) is 11.8 Å². The maximum Gasteiger partial charge on any atom is 0.0462 e. The van der Waals surface area contributed by atoms with Gasteiger partial charge in [0.2, 0.25) is 0 Å². The molecule has 2 fully saturated rings. The van der Waals surface area contributed by atoms with Crippen LogP contribution in [0.3, 0.4) is 0 Å². The molecule has 2 rings (SSSR count). The molecule has 15 heavy (non-hydrogen) atoms. The van der Waals surface area contributed by atoms with Gasteiger partial charge in [0.1, 0.15) is 0 Å². The van der Waals surface area contributed by atoms with Crippen LogP contribution in [0.25, 0.3) is 0 Å². The number of nitrogens with zero attached hydrogens (tertiary/aromatic N) is 1. The summed E-state index contributed by atoms with van der Waals surface area (Å²) in [6.07, 6.45) is 5.13. The molecule has 3 unspecified atom stereocenters. The van der Waals surface area contributed by atoms with Gasteiger partial charge in [-0.05, 0) is 51.2 Å². The van der Waals surface area contributed by atoms with Crippen molar-refractivity contribution < 1.29 is 5.11 Å². The van der Waals surface area contributed by atoms with Crippen LogP contribution >= 0.6 is 0 Å². The molecule has 0 bridgehead atoms. The lowest BCUT2D eigenvalue weighted by atomic mass is 9.96. The van der Waals surface area contributed by atoms with Gasteiger partial charge >= 0.3 is 0 Å². The first-order valence-corrected chi connectivity index (χ1v) is 6.32. The molecular formula is C12H24N2O. The second kappa shape index (κ2) is 5.28. The van der Waals surface area contributed by atoms with Crippen LogP contribution < -0.4 is 5.32 Å². The van der Waals surface area contributed by atoms with E-state index in [-0.39, 0.29) is 0 Å². The zero-order valence-electron chi connectivity index (χ0n) is 9.78. The highest BCUT2D eigenvalue weighted by Crippen LogP contribution is 2.30. The molecule has 0 aromatic heterocycles. The van der Waals surface area contributed by atoms with Gasteiger partial charge in [0.05, 0.1) is 0 Å². The lowest BCUT2D eigenvalue weighted by molar-refractivity contribution is 0.190. The van der Waals surface area contributed by atoms with Crippen LogP contribution in [-0.2, 0) is 0 Å². The maximum atomic E-state index is 9.23. The number of likely N-dealkylation sites (N-methyl/N-ethyl adjacent to an activating group) is 1. The Morgan fingerprint density at radius 1 is 1.27 bits per heavy atom. The third-order valence-electron chi connectivity index (χ3n) is 4.11. The Balaban J connectivity index is 1.68. The molecule has 0 amide bonds. The molecule has 0 aromatic rings. The van der Waals surface area contributed by atoms with Crippen molar-refractivity contribution in [2.24, 2.45) is 11.8 Å². The molecule has 3 heteroatoms. The number of likely N-dealkylation sites (tertiary alicyclic amines) is 1. The Labute approximate surface area is 92.8 Å². The fraction of sp³-hybridized carbons (Fsp3) is 1.00. The summed E-state index contributed by atoms with van der Waals surface area (Å²) < 4.78 is 0. The van der Waals surface area contributed by atoms with E-state index in [1.54, 1.807) is 0 Å². The fourth-order valence-corrected chi connectivity index (χ4v) is 3.04. The Hall–Kier alpha value is -0.120. The van der Waals surface area contributed by atoms with Crippen molar-refractivity contribution in [3.05, 3.63) is 0 Å². The predicted molar refractivity (Wildman–Crippen MR) is 61.8 cm³/mol. The van der Waals surface area contributed by atoms with Gasteiger partial charge in [-0.3, -0.25) is 0 Å². The minimum absolute atomic E-state index is 0.386. The monoisotopic (exact) mass is 212 g/mol. The minimum Gasteiger partial charge on any atom is -0.396 e. The van der Waals surface area contributed by atoms with Gasteiger partial charge in [-0.2, -0.15) is 0 Å². The number of nitrogens with one attached hydrogen (secondary N) is 1. The lowest BCUT2D eigenvalue weighted by Crippen LogP contribution is -2.36. The average Bonchev–Trinajstić information content (AvgIpc) is 2.83. The third kappa shape index (κ3) is 2.92. The number of rotatable bonds is 4. The van der Waals surface area contributed by atoms with Crippen molar-refractivity contribution in [3.8, 4) is 0 Å². The molecule has 0 aromatic carbocycles. The van der Waals surface area contributed by atoms with Crippen molar-refractivity contribution >= 4 is 0 Å². The summed E-state index contributed by atoms with van der Waals surface area (Å²) in [4.78, 5) is 2.38. The molecule has 1 saturated carbocycles. The second-order valence-corrected chi connectivity index (χ2v) is 5.29. The smallest absolute Gasteiger partial charge is 0.0462 e. The fourth-order valence-electron chi connectivity index (χ4n) is 3.04. The van der Waals surface area contributed by atoms with Crippen LogP contribution in [0.4, 0.5) is 0 Å². The Kier molecular flexibility index (Phi) is 4.00. The Bertz CT molecular complexity index is 198. The van der Waals surface area contributed by atoms with Crippen LogP contribution in [-0.4, -0.2) is 49.3 Å². The molecule has 0 spiro atoms. The second-order valence-electron chi connectivity index (χ2n) is 5.29. The molecule has 2 aliphatic rings. The van der Waals surface area contributed by atoms with E-state index in [0.717, 1.165) is 12.5 Å². The normalized spacial score (nSPS) is 37.6. The molecule has 3 atom stereocenters. The number of hydrogen-bond donors (Lipinski definition) is 2. The number of aliphatic hydroxyl groups is 1. The highest BCUT2D eigenvalue weighted by Gasteiger charge is 2.27. The SMILES string of the molecule is CN1CCC(NCC2CCCC2CO)C1. The van der Waals surface area contributed by atoms with E-state index in [1.807, 2.05) is 0 Å². The first-order valence-electron chi connectivity index (χ1n) is 6.32. The summed E-state index contributed by atoms with van der Waals surface area (Å²) in [5.74, 6) is 1.29. The van der Waals surface area contributed by atoms with E-state index in [1.165, 1.54) is 38.8 Å². The molecule has 3 nitrogen and oxygen atoms in total. The Morgan fingerprint density at radius 2 is 2.07 bits per heavy atom. The minimum atomic E-state index is 0.386. The predicted octanol–water partition coefficient (Wildman–Crippen LogP) is 0.689. The molecule has 2 N–H and O–H groups in total. The van der Waals surface area contributed by atoms with Gasteiger partial charge in [0.25, 0.3) is 0 Å². The van der Waals surface area contributed by atoms with E-state index < -0.39 is 0 Å². The van der Waals surface area contributed by atoms with E-state index >= 15 is 0 Å². The highest BCUT2D eigenvalue weighted by atomic mass is 16.3. The van der Waals surface area contributed by atoms with Gasteiger partial charge in [0, 0.05) is 19.2 Å². The molecule has 1 saturated heterocycles. The standard InChI is InChI=1S/C12H24N2O/c1-14-6-5-12(8-14)13-7-10-3-2-4-11(10)9-15/h10-13,15H,2-9H2,1H3. The lowest BCUT2D eigenvalue weighted by Gasteiger charge is -2.20. The van der Waals surface area contributed by atoms with Gasteiger partial charge < -0.3 is 15.3 Å². The van der Waals surface area contributed by atoms with Crippen LogP contribution in [0.15, 0.2) is 0 Å². The third-order valence-corrected chi connectivity index (χ3v) is 4.11. The Morgan fingerprint density at radius 3 is 2.73 bits per heavy atom. The zero-order chi connectivity index (χ0) is 10.7. The highest BCUT2D eigenvalue weighted by molar-refractivity contribution is 4.83. The largest absolute Gasteiger partial charge is 0.396 e. The molecule has 88 valence electrons. The van der Waals surface area contributed by atoms with Crippen molar-refractivity contribution in [2.45, 2.75) is 31.7 Å². The zero-order valence-corrected chi connectivity index (χ0v) is 9.78. The molecule has 1 aliphatic carbocycles. The van der Waals surface area contributed by atoms with E-state index in [0.29, 0.717) is 18.6 Å². The molecular weight excluding hydrogens is 188 g/mol. The molecule has 0 radical (unpaired) electrons. The first-order chi connectivity index (χ1) is 7.29. The van der Waals surface area contributed by atoms with Gasteiger partial charge in [0.15, 0.2) is 0 Å². The van der Waals surface area contributed by atoms with E-state index in [2.05, 4.69) is 17.3 Å². The van der Waals surface area contributed by atoms with Crippen LogP contribution in [0.5, 0.6) is 0 Å². The van der Waals surface area contributed by atoms with Crippen molar-refractivity contribution in [1.82, 2.24) is 10.2 Å². The van der Waals surface area contributed by atoms with Gasteiger partial charge in [-0.15, -0.1) is 0 Å². The summed E-state index contributed by atoms with van der Waals surface area (Å²) in [6.45, 7) is 3.92. The summed E-state index contributed by atoms with van der Waals surface area (Å²) >= 11 is 0. The van der Waals surface area contributed by atoms with Crippen molar-refractivity contribution in [3.63, 3.8) is 0 Å². The van der Waals surface area contributed by atoms with E-state index in [9.17, 15) is 5.11 Å². The molecule has 1 heterocycles. The quantitative estimate of drug-likeness (QED) is 0.719. The van der Waals surface area contributed by atoms with Crippen LogP contribution in [0.2, 0.25) is 0 Å². The average molecular weight is 212 g/mol. The van der Waals surface area contributed by atoms with Crippen molar-refractivity contribution in [1.29, 1.82) is 0 Å². The number of aliphatic hydroxyl groups excluding tert-OH is 1. The molecule has 1 aliphatic heterocycles. The van der Waals surface area contributed by atoms with E-state index in [4.69, 9.17) is 0 Å². The summed E-state index contributed by atoms with van der Waals surface area (Å²) in [5, 5.41) is 12.9. The first kappa shape index (κ1) is 11.4. The number of hydrogen-bond acceptors (Lipinski definition) is 3. The summed E-state index contributed by atoms with van der Waals surface area (Å²) in [7, 11) is 2.19. The van der Waals surface area contributed by atoms with Crippen molar-refractivity contribution in [2.75, 3.05) is 33.3 Å². The topological polar surface area (TPSA) is 35.5 Å².